The van der Waals surface area contributed by atoms with Crippen LogP contribution in [-0.2, 0) is 9.47 Å². The van der Waals surface area contributed by atoms with Crippen molar-refractivity contribution in [2.24, 2.45) is 0 Å². The van der Waals surface area contributed by atoms with E-state index >= 15 is 0 Å². The highest BCUT2D eigenvalue weighted by Gasteiger charge is 2.41. The highest BCUT2D eigenvalue weighted by Crippen LogP contribution is 2.34. The monoisotopic (exact) mass is 388 g/mol. The quantitative estimate of drug-likeness (QED) is 0.802. The predicted octanol–water partition coefficient (Wildman–Crippen LogP) is 3.50. The molecule has 144 valence electrons. The fraction of sp³-hybridized carbons (Fsp3) is 0.500. The molecule has 2 saturated heterocycles. The number of ether oxygens (including phenoxy) is 3. The largest absolute Gasteiger partial charge is 0.494 e. The second kappa shape index (κ2) is 7.58. The molecule has 7 heteroatoms. The normalized spacial score (nSPS) is 18.8. The second-order valence-electron chi connectivity index (χ2n) is 6.79. The first-order chi connectivity index (χ1) is 13.1. The Morgan fingerprint density at radius 1 is 1.22 bits per heavy atom. The number of aryl methyl sites for hydroxylation is 1. The van der Waals surface area contributed by atoms with Crippen LogP contribution in [-0.4, -0.2) is 54.5 Å². The third-order valence-electron chi connectivity index (χ3n) is 5.03. The van der Waals surface area contributed by atoms with Crippen LogP contribution in [0.1, 0.15) is 35.1 Å². The van der Waals surface area contributed by atoms with Crippen molar-refractivity contribution in [3.8, 4) is 16.3 Å². The number of nitrogens with zero attached hydrogens (tertiary/aromatic N) is 2. The summed E-state index contributed by atoms with van der Waals surface area (Å²) in [6.45, 7) is 7.09. The molecule has 0 N–H and O–H groups in total. The number of carbonyl (C=O) groups excluding carboxylic acids is 1. The van der Waals surface area contributed by atoms with Crippen molar-refractivity contribution in [1.29, 1.82) is 0 Å². The fourth-order valence-electron chi connectivity index (χ4n) is 3.56. The van der Waals surface area contributed by atoms with Crippen molar-refractivity contribution < 1.29 is 19.0 Å². The maximum Gasteiger partial charge on any atom is 0.265 e. The molecular formula is C20H24N2O4S. The molecule has 6 nitrogen and oxygen atoms in total. The molecule has 2 fully saturated rings. The van der Waals surface area contributed by atoms with Gasteiger partial charge in [-0.25, -0.2) is 4.98 Å². The Morgan fingerprint density at radius 2 is 1.89 bits per heavy atom. The van der Waals surface area contributed by atoms with Gasteiger partial charge in [-0.15, -0.1) is 11.3 Å². The first-order valence-electron chi connectivity index (χ1n) is 9.38. The van der Waals surface area contributed by atoms with Crippen LogP contribution in [0.15, 0.2) is 24.3 Å². The average Bonchev–Trinajstić information content (AvgIpc) is 3.30. The number of carbonyl (C=O) groups is 1. The van der Waals surface area contributed by atoms with E-state index in [1.54, 1.807) is 0 Å². The molecule has 2 aliphatic heterocycles. The zero-order valence-electron chi connectivity index (χ0n) is 15.7. The Labute approximate surface area is 163 Å². The Morgan fingerprint density at radius 3 is 2.52 bits per heavy atom. The van der Waals surface area contributed by atoms with E-state index in [0.717, 1.165) is 34.9 Å². The zero-order valence-corrected chi connectivity index (χ0v) is 16.5. The van der Waals surface area contributed by atoms with Crippen LogP contribution in [0.2, 0.25) is 0 Å². The minimum absolute atomic E-state index is 0.0510. The Kier molecular flexibility index (Phi) is 5.16. The van der Waals surface area contributed by atoms with Crippen LogP contribution in [0.25, 0.3) is 10.6 Å². The van der Waals surface area contributed by atoms with Crippen molar-refractivity contribution in [1.82, 2.24) is 9.88 Å². The second-order valence-corrected chi connectivity index (χ2v) is 7.79. The molecule has 1 amide bonds. The van der Waals surface area contributed by atoms with Crippen LogP contribution in [0.5, 0.6) is 5.75 Å². The molecule has 27 heavy (non-hydrogen) atoms. The van der Waals surface area contributed by atoms with Gasteiger partial charge < -0.3 is 19.1 Å². The molecule has 0 radical (unpaired) electrons. The molecule has 3 heterocycles. The van der Waals surface area contributed by atoms with Gasteiger partial charge in [0.1, 0.15) is 15.6 Å². The predicted molar refractivity (Wildman–Crippen MR) is 103 cm³/mol. The summed E-state index contributed by atoms with van der Waals surface area (Å²) >= 11 is 1.45. The average molecular weight is 388 g/mol. The van der Waals surface area contributed by atoms with Crippen molar-refractivity contribution in [2.75, 3.05) is 32.9 Å². The third-order valence-corrected chi connectivity index (χ3v) is 6.22. The summed E-state index contributed by atoms with van der Waals surface area (Å²) in [6.07, 6.45) is 1.45. The Balaban J connectivity index is 1.47. The zero-order chi connectivity index (χ0) is 18.9. The van der Waals surface area contributed by atoms with E-state index in [9.17, 15) is 4.79 Å². The first-order valence-corrected chi connectivity index (χ1v) is 10.2. The van der Waals surface area contributed by atoms with Gasteiger partial charge in [-0.05, 0) is 38.1 Å². The lowest BCUT2D eigenvalue weighted by molar-refractivity contribution is -0.181. The summed E-state index contributed by atoms with van der Waals surface area (Å²) in [4.78, 5) is 20.2. The smallest absolute Gasteiger partial charge is 0.265 e. The third kappa shape index (κ3) is 3.72. The Hall–Kier alpha value is -1.96. The Bertz CT molecular complexity index is 802. The lowest BCUT2D eigenvalue weighted by Gasteiger charge is -2.37. The van der Waals surface area contributed by atoms with Gasteiger partial charge in [-0.2, -0.15) is 0 Å². The number of thiazole rings is 1. The summed E-state index contributed by atoms with van der Waals surface area (Å²) in [6, 6.07) is 7.83. The van der Waals surface area contributed by atoms with Crippen LogP contribution < -0.4 is 4.74 Å². The lowest BCUT2D eigenvalue weighted by atomic mass is 10.0. The number of piperidine rings is 1. The van der Waals surface area contributed by atoms with Gasteiger partial charge in [0.15, 0.2) is 5.79 Å². The van der Waals surface area contributed by atoms with Gasteiger partial charge in [-0.1, -0.05) is 0 Å². The number of hydrogen-bond acceptors (Lipinski definition) is 6. The van der Waals surface area contributed by atoms with Crippen molar-refractivity contribution in [3.05, 3.63) is 34.8 Å². The van der Waals surface area contributed by atoms with E-state index in [2.05, 4.69) is 4.98 Å². The highest BCUT2D eigenvalue weighted by molar-refractivity contribution is 7.17. The van der Waals surface area contributed by atoms with Crippen molar-refractivity contribution in [3.63, 3.8) is 0 Å². The van der Waals surface area contributed by atoms with E-state index in [1.807, 2.05) is 43.0 Å². The number of amides is 1. The van der Waals surface area contributed by atoms with Crippen molar-refractivity contribution in [2.45, 2.75) is 32.5 Å². The molecule has 1 aromatic carbocycles. The van der Waals surface area contributed by atoms with E-state index in [-0.39, 0.29) is 5.91 Å². The number of rotatable bonds is 4. The summed E-state index contributed by atoms with van der Waals surface area (Å²) in [5.74, 6) is 0.423. The molecule has 2 aliphatic rings. The summed E-state index contributed by atoms with van der Waals surface area (Å²) in [7, 11) is 0. The first kappa shape index (κ1) is 18.4. The molecule has 0 aliphatic carbocycles. The van der Waals surface area contributed by atoms with Crippen LogP contribution >= 0.6 is 11.3 Å². The fourth-order valence-corrected chi connectivity index (χ4v) is 4.60. The minimum atomic E-state index is -0.465. The molecule has 1 aromatic heterocycles. The van der Waals surface area contributed by atoms with Gasteiger partial charge in [0.2, 0.25) is 0 Å². The molecule has 1 spiro atoms. The lowest BCUT2D eigenvalue weighted by Crippen LogP contribution is -2.47. The topological polar surface area (TPSA) is 60.9 Å². The summed E-state index contributed by atoms with van der Waals surface area (Å²) in [5.41, 5.74) is 1.78. The number of likely N-dealkylation sites (tertiary alicyclic amines) is 1. The van der Waals surface area contributed by atoms with Gasteiger partial charge in [0, 0.05) is 31.5 Å². The summed E-state index contributed by atoms with van der Waals surface area (Å²) in [5, 5.41) is 0.856. The van der Waals surface area contributed by atoms with Crippen LogP contribution in [0.4, 0.5) is 0 Å². The highest BCUT2D eigenvalue weighted by atomic mass is 32.1. The maximum absolute atomic E-state index is 13.0. The number of aromatic nitrogens is 1. The molecule has 0 saturated carbocycles. The minimum Gasteiger partial charge on any atom is -0.494 e. The molecule has 4 rings (SSSR count). The van der Waals surface area contributed by atoms with E-state index in [0.29, 0.717) is 37.8 Å². The van der Waals surface area contributed by atoms with Crippen molar-refractivity contribution >= 4 is 17.2 Å². The van der Waals surface area contributed by atoms with E-state index < -0.39 is 5.79 Å². The SMILES string of the molecule is CCOc1ccc(-c2nc(C)c(C(=O)N3CCC4(CC3)OCCO4)s2)cc1. The molecule has 0 atom stereocenters. The molecule has 2 aromatic rings. The van der Waals surface area contributed by atoms with E-state index in [4.69, 9.17) is 14.2 Å². The van der Waals surface area contributed by atoms with Gasteiger partial charge in [-0.3, -0.25) is 4.79 Å². The molecule has 0 bridgehead atoms. The standard InChI is InChI=1S/C20H24N2O4S/c1-3-24-16-6-4-15(5-7-16)18-21-14(2)17(27-18)19(23)22-10-8-20(9-11-22)25-12-13-26-20/h4-7H,3,8-13H2,1-2H3. The number of benzene rings is 1. The van der Waals surface area contributed by atoms with E-state index in [1.165, 1.54) is 11.3 Å². The number of hydrogen-bond donors (Lipinski definition) is 0. The van der Waals surface area contributed by atoms with Gasteiger partial charge in [0.05, 0.1) is 25.5 Å². The summed E-state index contributed by atoms with van der Waals surface area (Å²) < 4.78 is 17.0. The van der Waals surface area contributed by atoms with Crippen LogP contribution in [0.3, 0.4) is 0 Å². The maximum atomic E-state index is 13.0. The molecule has 0 unspecified atom stereocenters. The van der Waals surface area contributed by atoms with Gasteiger partial charge >= 0.3 is 0 Å². The molecular weight excluding hydrogens is 364 g/mol. The van der Waals surface area contributed by atoms with Gasteiger partial charge in [0.25, 0.3) is 5.91 Å². The van der Waals surface area contributed by atoms with Crippen LogP contribution in [0, 0.1) is 6.92 Å².